The van der Waals surface area contributed by atoms with Gasteiger partial charge in [0.25, 0.3) is 5.91 Å². The van der Waals surface area contributed by atoms with Crippen LogP contribution in [0.15, 0.2) is 60.9 Å². The van der Waals surface area contributed by atoms with Crippen LogP contribution in [0.25, 0.3) is 11.3 Å². The van der Waals surface area contributed by atoms with E-state index in [-0.39, 0.29) is 5.91 Å². The first kappa shape index (κ1) is 22.3. The number of nitrogens with one attached hydrogen (secondary N) is 2. The number of hydrogen-bond donors (Lipinski definition) is 2. The SMILES string of the molecule is O=C(Nc1ccc(N2CCOCC2)cc1)c1ccc(-c2cc(NC3CCCCC3)ncn2)cc1. The molecule has 2 aliphatic rings. The number of aromatic nitrogens is 2. The van der Waals surface area contributed by atoms with Gasteiger partial charge in [-0.15, -0.1) is 0 Å². The molecule has 1 aliphatic heterocycles. The fourth-order valence-corrected chi connectivity index (χ4v) is 4.62. The Morgan fingerprint density at radius 3 is 2.38 bits per heavy atom. The lowest BCUT2D eigenvalue weighted by Crippen LogP contribution is -2.36. The van der Waals surface area contributed by atoms with Crippen molar-refractivity contribution in [1.29, 1.82) is 0 Å². The molecule has 1 aliphatic carbocycles. The summed E-state index contributed by atoms with van der Waals surface area (Å²) in [4.78, 5) is 23.9. The number of rotatable bonds is 6. The van der Waals surface area contributed by atoms with Gasteiger partial charge in [-0.2, -0.15) is 0 Å². The molecule has 1 amide bonds. The van der Waals surface area contributed by atoms with E-state index in [9.17, 15) is 4.79 Å². The number of ether oxygens (including phenoxy) is 1. The number of morpholine rings is 1. The second-order valence-corrected chi connectivity index (χ2v) is 8.95. The molecule has 0 bridgehead atoms. The summed E-state index contributed by atoms with van der Waals surface area (Å²) >= 11 is 0. The Kier molecular flexibility index (Phi) is 7.00. The van der Waals surface area contributed by atoms with E-state index in [2.05, 4.69) is 25.5 Å². The average Bonchev–Trinajstić information content (AvgIpc) is 2.90. The van der Waals surface area contributed by atoms with Gasteiger partial charge in [-0.25, -0.2) is 9.97 Å². The van der Waals surface area contributed by atoms with Gasteiger partial charge >= 0.3 is 0 Å². The van der Waals surface area contributed by atoms with Gasteiger partial charge in [-0.3, -0.25) is 4.79 Å². The maximum Gasteiger partial charge on any atom is 0.255 e. The lowest BCUT2D eigenvalue weighted by Gasteiger charge is -2.28. The van der Waals surface area contributed by atoms with Gasteiger partial charge in [0.05, 0.1) is 18.9 Å². The highest BCUT2D eigenvalue weighted by Gasteiger charge is 2.15. The average molecular weight is 458 g/mol. The summed E-state index contributed by atoms with van der Waals surface area (Å²) < 4.78 is 5.41. The van der Waals surface area contributed by atoms with Crippen LogP contribution in [0.3, 0.4) is 0 Å². The summed E-state index contributed by atoms with van der Waals surface area (Å²) in [5, 5.41) is 6.53. The van der Waals surface area contributed by atoms with Crippen molar-refractivity contribution in [2.24, 2.45) is 0 Å². The number of amides is 1. The Morgan fingerprint density at radius 2 is 1.65 bits per heavy atom. The Bertz CT molecular complexity index is 1090. The van der Waals surface area contributed by atoms with Crippen molar-refractivity contribution >= 4 is 23.1 Å². The van der Waals surface area contributed by atoms with E-state index in [1.807, 2.05) is 54.6 Å². The van der Waals surface area contributed by atoms with Gasteiger partial charge in [0.2, 0.25) is 0 Å². The van der Waals surface area contributed by atoms with Gasteiger partial charge in [-0.1, -0.05) is 31.4 Å². The lowest BCUT2D eigenvalue weighted by molar-refractivity contribution is 0.102. The summed E-state index contributed by atoms with van der Waals surface area (Å²) in [5.41, 5.74) is 4.34. The second kappa shape index (κ2) is 10.7. The van der Waals surface area contributed by atoms with E-state index in [1.54, 1.807) is 6.33 Å². The molecule has 176 valence electrons. The normalized spacial score (nSPS) is 16.8. The van der Waals surface area contributed by atoms with Gasteiger partial charge in [0, 0.05) is 47.7 Å². The molecule has 7 heteroatoms. The molecule has 1 saturated heterocycles. The first-order chi connectivity index (χ1) is 16.7. The van der Waals surface area contributed by atoms with Crippen LogP contribution in [0.5, 0.6) is 0 Å². The zero-order valence-corrected chi connectivity index (χ0v) is 19.4. The third-order valence-electron chi connectivity index (χ3n) is 6.57. The van der Waals surface area contributed by atoms with Crippen molar-refractivity contribution in [3.05, 3.63) is 66.5 Å². The highest BCUT2D eigenvalue weighted by Crippen LogP contribution is 2.24. The van der Waals surface area contributed by atoms with Crippen LogP contribution in [-0.4, -0.2) is 48.2 Å². The predicted molar refractivity (Wildman–Crippen MR) is 135 cm³/mol. The molecule has 2 aromatic carbocycles. The third-order valence-corrected chi connectivity index (χ3v) is 6.57. The maximum atomic E-state index is 12.8. The third kappa shape index (κ3) is 5.54. The minimum Gasteiger partial charge on any atom is -0.378 e. The Balaban J connectivity index is 1.21. The monoisotopic (exact) mass is 457 g/mol. The summed E-state index contributed by atoms with van der Waals surface area (Å²) in [6.07, 6.45) is 7.86. The molecule has 1 aromatic heterocycles. The second-order valence-electron chi connectivity index (χ2n) is 8.95. The highest BCUT2D eigenvalue weighted by atomic mass is 16.5. The van der Waals surface area contributed by atoms with Crippen LogP contribution in [-0.2, 0) is 4.74 Å². The fraction of sp³-hybridized carbons (Fsp3) is 0.370. The molecular weight excluding hydrogens is 426 g/mol. The molecular formula is C27H31N5O2. The number of carbonyl (C=O) groups excluding carboxylic acids is 1. The number of benzene rings is 2. The zero-order chi connectivity index (χ0) is 23.2. The lowest BCUT2D eigenvalue weighted by atomic mass is 9.95. The molecule has 34 heavy (non-hydrogen) atoms. The van der Waals surface area contributed by atoms with Crippen LogP contribution in [0, 0.1) is 0 Å². The zero-order valence-electron chi connectivity index (χ0n) is 19.4. The van der Waals surface area contributed by atoms with E-state index in [1.165, 1.54) is 32.1 Å². The van der Waals surface area contributed by atoms with Gasteiger partial charge in [0.1, 0.15) is 12.1 Å². The molecule has 0 radical (unpaired) electrons. The predicted octanol–water partition coefficient (Wildman–Crippen LogP) is 4.98. The minimum atomic E-state index is -0.131. The maximum absolute atomic E-state index is 12.8. The molecule has 2 N–H and O–H groups in total. The molecule has 0 unspecified atom stereocenters. The quantitative estimate of drug-likeness (QED) is 0.544. The largest absolute Gasteiger partial charge is 0.378 e. The molecule has 7 nitrogen and oxygen atoms in total. The van der Waals surface area contributed by atoms with Gasteiger partial charge in [-0.05, 0) is 49.2 Å². The minimum absolute atomic E-state index is 0.131. The van der Waals surface area contributed by atoms with Crippen LogP contribution in [0.4, 0.5) is 17.2 Å². The van der Waals surface area contributed by atoms with E-state index >= 15 is 0 Å². The van der Waals surface area contributed by atoms with Gasteiger partial charge in [0.15, 0.2) is 0 Å². The van der Waals surface area contributed by atoms with Crippen LogP contribution < -0.4 is 15.5 Å². The van der Waals surface area contributed by atoms with Crippen molar-refractivity contribution in [3.8, 4) is 11.3 Å². The molecule has 2 fully saturated rings. The van der Waals surface area contributed by atoms with Gasteiger partial charge < -0.3 is 20.3 Å². The Hall–Kier alpha value is -3.45. The van der Waals surface area contributed by atoms with Crippen molar-refractivity contribution in [2.75, 3.05) is 41.8 Å². The van der Waals surface area contributed by atoms with Crippen LogP contribution in [0.2, 0.25) is 0 Å². The van der Waals surface area contributed by atoms with E-state index in [0.29, 0.717) is 11.6 Å². The fourth-order valence-electron chi connectivity index (χ4n) is 4.62. The summed E-state index contributed by atoms with van der Waals surface area (Å²) in [5.74, 6) is 0.729. The number of carbonyl (C=O) groups is 1. The molecule has 5 rings (SSSR count). The first-order valence-electron chi connectivity index (χ1n) is 12.2. The van der Waals surface area contributed by atoms with Crippen LogP contribution >= 0.6 is 0 Å². The topological polar surface area (TPSA) is 79.4 Å². The standard InChI is InChI=1S/C27H31N5O2/c33-27(31-23-10-12-24(13-11-23)32-14-16-34-17-15-32)21-8-6-20(7-9-21)25-18-26(29-19-28-25)30-22-4-2-1-3-5-22/h6-13,18-19,22H,1-5,14-17H2,(H,31,33)(H,28,29,30). The molecule has 2 heterocycles. The van der Waals surface area contributed by atoms with E-state index < -0.39 is 0 Å². The summed E-state index contributed by atoms with van der Waals surface area (Å²) in [7, 11) is 0. The molecule has 3 aromatic rings. The first-order valence-corrected chi connectivity index (χ1v) is 12.2. The van der Waals surface area contributed by atoms with Crippen molar-refractivity contribution in [3.63, 3.8) is 0 Å². The smallest absolute Gasteiger partial charge is 0.255 e. The van der Waals surface area contributed by atoms with Crippen molar-refractivity contribution in [1.82, 2.24) is 9.97 Å². The Labute approximate surface area is 200 Å². The Morgan fingerprint density at radius 1 is 0.912 bits per heavy atom. The number of nitrogens with zero attached hydrogens (tertiary/aromatic N) is 3. The molecule has 0 spiro atoms. The van der Waals surface area contributed by atoms with Crippen LogP contribution in [0.1, 0.15) is 42.5 Å². The van der Waals surface area contributed by atoms with Crippen molar-refractivity contribution < 1.29 is 9.53 Å². The number of hydrogen-bond acceptors (Lipinski definition) is 6. The van der Waals surface area contributed by atoms with E-state index in [0.717, 1.165) is 54.8 Å². The summed E-state index contributed by atoms with van der Waals surface area (Å²) in [6, 6.07) is 18.0. The van der Waals surface area contributed by atoms with Crippen molar-refractivity contribution in [2.45, 2.75) is 38.1 Å². The number of anilines is 3. The molecule has 0 atom stereocenters. The highest BCUT2D eigenvalue weighted by molar-refractivity contribution is 6.04. The van der Waals surface area contributed by atoms with E-state index in [4.69, 9.17) is 4.74 Å². The molecule has 1 saturated carbocycles. The summed E-state index contributed by atoms with van der Waals surface area (Å²) in [6.45, 7) is 3.29.